The Hall–Kier alpha value is -2.77. The van der Waals surface area contributed by atoms with Crippen LogP contribution in [0.3, 0.4) is 0 Å². The van der Waals surface area contributed by atoms with Crippen LogP contribution in [0.4, 0.5) is 4.79 Å². The molecule has 1 saturated heterocycles. The number of ether oxygens (including phenoxy) is 2. The summed E-state index contributed by atoms with van der Waals surface area (Å²) in [7, 11) is 0. The van der Waals surface area contributed by atoms with Gasteiger partial charge in [0.15, 0.2) is 6.23 Å². The van der Waals surface area contributed by atoms with Crippen molar-refractivity contribution in [2.45, 2.75) is 19.1 Å². The van der Waals surface area contributed by atoms with E-state index in [0.29, 0.717) is 25.3 Å². The molecule has 0 amide bonds. The standard InChI is InChI=1S/C20H18N2O4S/c23-20-26-18(22-27-20)12-14-6-8-17(9-7-14)24-11-10-16-13-25-19(21-16)15-4-2-1-3-5-15/h1-9,13,18,22H,10-12H2. The lowest BCUT2D eigenvalue weighted by atomic mass is 10.1. The molecule has 1 aliphatic heterocycles. The Morgan fingerprint density at radius 2 is 1.93 bits per heavy atom. The molecular formula is C20H18N2O4S. The SMILES string of the molecule is O=C1OC(Cc2ccc(OCCc3coc(-c4ccccc4)n3)cc2)NS1. The molecule has 0 aliphatic carbocycles. The summed E-state index contributed by atoms with van der Waals surface area (Å²) in [5.74, 6) is 1.41. The normalized spacial score (nSPS) is 16.3. The van der Waals surface area contributed by atoms with Crippen LogP contribution >= 0.6 is 11.9 Å². The molecule has 1 atom stereocenters. The highest BCUT2D eigenvalue weighted by Gasteiger charge is 2.23. The lowest BCUT2D eigenvalue weighted by molar-refractivity contribution is 0.130. The number of cyclic esters (lactones) is 1. The van der Waals surface area contributed by atoms with E-state index in [1.807, 2.05) is 54.6 Å². The fourth-order valence-electron chi connectivity index (χ4n) is 2.71. The zero-order valence-electron chi connectivity index (χ0n) is 14.5. The Kier molecular flexibility index (Phi) is 5.41. The van der Waals surface area contributed by atoms with Crippen LogP contribution in [-0.2, 0) is 17.6 Å². The van der Waals surface area contributed by atoms with Crippen molar-refractivity contribution in [3.05, 3.63) is 72.1 Å². The Morgan fingerprint density at radius 1 is 1.11 bits per heavy atom. The molecule has 27 heavy (non-hydrogen) atoms. The van der Waals surface area contributed by atoms with Crippen molar-refractivity contribution >= 4 is 17.2 Å². The van der Waals surface area contributed by atoms with Gasteiger partial charge in [-0.1, -0.05) is 30.3 Å². The van der Waals surface area contributed by atoms with Crippen LogP contribution in [0.25, 0.3) is 11.5 Å². The molecule has 1 N–H and O–H groups in total. The summed E-state index contributed by atoms with van der Waals surface area (Å²) in [6, 6.07) is 17.6. The van der Waals surface area contributed by atoms with Crippen LogP contribution in [0.2, 0.25) is 0 Å². The van der Waals surface area contributed by atoms with Gasteiger partial charge < -0.3 is 13.9 Å². The Labute approximate surface area is 161 Å². The fourth-order valence-corrected chi connectivity index (χ4v) is 3.23. The van der Waals surface area contributed by atoms with E-state index in [9.17, 15) is 4.79 Å². The molecule has 1 fully saturated rings. The number of carbonyl (C=O) groups excluding carboxylic acids is 1. The van der Waals surface area contributed by atoms with Crippen LogP contribution in [0.5, 0.6) is 5.75 Å². The van der Waals surface area contributed by atoms with Gasteiger partial charge in [0.2, 0.25) is 5.89 Å². The van der Waals surface area contributed by atoms with E-state index in [0.717, 1.165) is 34.5 Å². The van der Waals surface area contributed by atoms with E-state index < -0.39 is 0 Å². The van der Waals surface area contributed by atoms with Gasteiger partial charge in [-0.15, -0.1) is 0 Å². The largest absolute Gasteiger partial charge is 0.493 e. The number of nitrogens with zero attached hydrogens (tertiary/aromatic N) is 1. The average molecular weight is 382 g/mol. The number of nitrogens with one attached hydrogen (secondary N) is 1. The summed E-state index contributed by atoms with van der Waals surface area (Å²) in [5, 5.41) is -0.289. The van der Waals surface area contributed by atoms with E-state index in [4.69, 9.17) is 13.9 Å². The molecule has 6 nitrogen and oxygen atoms in total. The second kappa shape index (κ2) is 8.28. The third kappa shape index (κ3) is 4.69. The molecule has 0 bridgehead atoms. The number of hydrogen-bond donors (Lipinski definition) is 1. The van der Waals surface area contributed by atoms with Crippen molar-refractivity contribution in [2.75, 3.05) is 6.61 Å². The van der Waals surface area contributed by atoms with Gasteiger partial charge in [0.25, 0.3) is 0 Å². The molecule has 138 valence electrons. The zero-order chi connectivity index (χ0) is 18.5. The number of benzene rings is 2. The average Bonchev–Trinajstić information content (AvgIpc) is 3.33. The van der Waals surface area contributed by atoms with E-state index in [2.05, 4.69) is 9.71 Å². The fraction of sp³-hybridized carbons (Fsp3) is 0.200. The minimum atomic E-state index is -0.289. The highest BCUT2D eigenvalue weighted by atomic mass is 32.2. The summed E-state index contributed by atoms with van der Waals surface area (Å²) >= 11 is 0.988. The molecule has 3 aromatic rings. The van der Waals surface area contributed by atoms with Gasteiger partial charge in [0, 0.05) is 30.4 Å². The topological polar surface area (TPSA) is 73.6 Å². The third-order valence-electron chi connectivity index (χ3n) is 4.06. The van der Waals surface area contributed by atoms with Crippen LogP contribution in [0.15, 0.2) is 65.3 Å². The van der Waals surface area contributed by atoms with E-state index >= 15 is 0 Å². The summed E-state index contributed by atoms with van der Waals surface area (Å²) in [5.41, 5.74) is 2.89. The highest BCUT2D eigenvalue weighted by Crippen LogP contribution is 2.20. The molecule has 1 aromatic heterocycles. The van der Waals surface area contributed by atoms with Crippen LogP contribution in [0.1, 0.15) is 11.3 Å². The summed E-state index contributed by atoms with van der Waals surface area (Å²) in [6.45, 7) is 0.512. The zero-order valence-corrected chi connectivity index (χ0v) is 15.3. The number of carbonyl (C=O) groups is 1. The minimum absolute atomic E-state index is 0.278. The predicted molar refractivity (Wildman–Crippen MR) is 102 cm³/mol. The first-order valence-electron chi connectivity index (χ1n) is 8.61. The van der Waals surface area contributed by atoms with Crippen LogP contribution < -0.4 is 9.46 Å². The molecule has 2 aromatic carbocycles. The van der Waals surface area contributed by atoms with Crippen molar-refractivity contribution in [3.8, 4) is 17.2 Å². The van der Waals surface area contributed by atoms with Gasteiger partial charge in [-0.2, -0.15) is 0 Å². The molecule has 1 aliphatic rings. The number of rotatable bonds is 7. The van der Waals surface area contributed by atoms with Crippen molar-refractivity contribution in [1.82, 2.24) is 9.71 Å². The highest BCUT2D eigenvalue weighted by molar-refractivity contribution is 8.11. The lowest BCUT2D eigenvalue weighted by Gasteiger charge is -2.09. The molecule has 7 heteroatoms. The molecule has 2 heterocycles. The Balaban J connectivity index is 1.26. The minimum Gasteiger partial charge on any atom is -0.493 e. The van der Waals surface area contributed by atoms with E-state index in [1.54, 1.807) is 6.26 Å². The van der Waals surface area contributed by atoms with E-state index in [-0.39, 0.29) is 11.5 Å². The van der Waals surface area contributed by atoms with Gasteiger partial charge in [-0.05, 0) is 29.8 Å². The third-order valence-corrected chi connectivity index (χ3v) is 4.70. The molecule has 4 rings (SSSR count). The smallest absolute Gasteiger partial charge is 0.384 e. The van der Waals surface area contributed by atoms with Crippen LogP contribution in [-0.4, -0.2) is 23.1 Å². The first-order chi connectivity index (χ1) is 13.3. The monoisotopic (exact) mass is 382 g/mol. The first-order valence-corrected chi connectivity index (χ1v) is 9.42. The summed E-state index contributed by atoms with van der Waals surface area (Å²) in [4.78, 5) is 15.6. The molecular weight excluding hydrogens is 364 g/mol. The van der Waals surface area contributed by atoms with Crippen molar-refractivity contribution in [2.24, 2.45) is 0 Å². The number of hydrogen-bond acceptors (Lipinski definition) is 7. The quantitative estimate of drug-likeness (QED) is 0.484. The first kappa shape index (κ1) is 17.6. The molecule has 0 saturated carbocycles. The summed E-state index contributed by atoms with van der Waals surface area (Å²) < 4.78 is 19.4. The second-order valence-electron chi connectivity index (χ2n) is 6.03. The molecule has 0 radical (unpaired) electrons. The number of oxazole rings is 1. The lowest BCUT2D eigenvalue weighted by Crippen LogP contribution is -2.21. The molecule has 1 unspecified atom stereocenters. The second-order valence-corrected chi connectivity index (χ2v) is 6.81. The maximum atomic E-state index is 11.1. The van der Waals surface area contributed by atoms with Gasteiger partial charge in [-0.3, -0.25) is 0 Å². The van der Waals surface area contributed by atoms with Crippen molar-refractivity contribution in [1.29, 1.82) is 0 Å². The van der Waals surface area contributed by atoms with Crippen molar-refractivity contribution in [3.63, 3.8) is 0 Å². The maximum Gasteiger partial charge on any atom is 0.384 e. The van der Waals surface area contributed by atoms with Crippen molar-refractivity contribution < 1.29 is 18.7 Å². The van der Waals surface area contributed by atoms with E-state index in [1.165, 1.54) is 0 Å². The summed E-state index contributed by atoms with van der Waals surface area (Å²) in [6.07, 6.45) is 2.68. The Bertz CT molecular complexity index is 896. The Morgan fingerprint density at radius 3 is 2.67 bits per heavy atom. The van der Waals surface area contributed by atoms with Gasteiger partial charge in [-0.25, -0.2) is 14.5 Å². The molecule has 0 spiro atoms. The van der Waals surface area contributed by atoms with Crippen LogP contribution in [0, 0.1) is 0 Å². The number of aromatic nitrogens is 1. The van der Waals surface area contributed by atoms with Gasteiger partial charge in [0.1, 0.15) is 12.0 Å². The predicted octanol–water partition coefficient (Wildman–Crippen LogP) is 4.22. The van der Waals surface area contributed by atoms with Gasteiger partial charge in [0.05, 0.1) is 12.3 Å². The maximum absolute atomic E-state index is 11.1. The van der Waals surface area contributed by atoms with Gasteiger partial charge >= 0.3 is 5.30 Å².